The van der Waals surface area contributed by atoms with E-state index in [2.05, 4.69) is 4.98 Å². The first-order valence-electron chi connectivity index (χ1n) is 8.31. The maximum atomic E-state index is 12.4. The van der Waals surface area contributed by atoms with Gasteiger partial charge in [0.2, 0.25) is 5.88 Å². The van der Waals surface area contributed by atoms with Gasteiger partial charge in [-0.3, -0.25) is 0 Å². The Morgan fingerprint density at radius 3 is 2.32 bits per heavy atom. The molecule has 0 aliphatic carbocycles. The summed E-state index contributed by atoms with van der Waals surface area (Å²) in [6, 6.07) is 19.3. The fraction of sp³-hybridized carbons (Fsp3) is 0.143. The van der Waals surface area contributed by atoms with Gasteiger partial charge in [-0.05, 0) is 29.3 Å². The normalized spacial score (nSPS) is 10.9. The molecule has 1 aromatic heterocycles. The molecule has 0 atom stereocenters. The van der Waals surface area contributed by atoms with Crippen molar-refractivity contribution in [3.05, 3.63) is 78.0 Å². The molecule has 0 bridgehead atoms. The average Bonchev–Trinajstić information content (AvgIpc) is 2.71. The van der Waals surface area contributed by atoms with Crippen molar-refractivity contribution in [2.24, 2.45) is 0 Å². The molecule has 0 saturated heterocycles. The molecule has 3 aromatic rings. The lowest BCUT2D eigenvalue weighted by molar-refractivity contribution is -0.153. The molecule has 0 unspecified atom stereocenters. The third kappa shape index (κ3) is 5.24. The van der Waals surface area contributed by atoms with Crippen molar-refractivity contribution in [1.82, 2.24) is 4.98 Å². The highest BCUT2D eigenvalue weighted by atomic mass is 19.4. The third-order valence-corrected chi connectivity index (χ3v) is 3.79. The largest absolute Gasteiger partial charge is 0.483 e. The topological polar surface area (TPSA) is 55.1 Å². The van der Waals surface area contributed by atoms with E-state index in [0.29, 0.717) is 23.6 Å². The van der Waals surface area contributed by atoms with Gasteiger partial charge in [-0.15, -0.1) is 0 Å². The molecule has 0 spiro atoms. The first-order chi connectivity index (χ1) is 13.4. The Balaban J connectivity index is 1.73. The zero-order valence-electron chi connectivity index (χ0n) is 14.6. The number of nitrogens with zero attached hydrogens (tertiary/aromatic N) is 2. The number of pyridine rings is 1. The number of halogens is 3. The van der Waals surface area contributed by atoms with Crippen LogP contribution in [-0.4, -0.2) is 17.8 Å². The van der Waals surface area contributed by atoms with E-state index in [-0.39, 0.29) is 11.3 Å². The lowest BCUT2D eigenvalue weighted by atomic mass is 10.1. The van der Waals surface area contributed by atoms with Crippen molar-refractivity contribution in [1.29, 1.82) is 5.26 Å². The summed E-state index contributed by atoms with van der Waals surface area (Å²) in [7, 11) is 0. The van der Waals surface area contributed by atoms with Crippen molar-refractivity contribution in [2.75, 3.05) is 6.61 Å². The van der Waals surface area contributed by atoms with Crippen molar-refractivity contribution >= 4 is 0 Å². The summed E-state index contributed by atoms with van der Waals surface area (Å²) < 4.78 is 47.6. The van der Waals surface area contributed by atoms with Crippen LogP contribution in [0.1, 0.15) is 11.1 Å². The predicted molar refractivity (Wildman–Crippen MR) is 96.7 cm³/mol. The van der Waals surface area contributed by atoms with E-state index in [4.69, 9.17) is 14.7 Å². The fourth-order valence-corrected chi connectivity index (χ4v) is 2.44. The number of rotatable bonds is 6. The molecule has 0 saturated carbocycles. The highest BCUT2D eigenvalue weighted by Gasteiger charge is 2.29. The summed E-state index contributed by atoms with van der Waals surface area (Å²) in [5.41, 5.74) is 2.28. The lowest BCUT2D eigenvalue weighted by Gasteiger charge is -2.12. The lowest BCUT2D eigenvalue weighted by Crippen LogP contribution is -2.19. The minimum atomic E-state index is -4.48. The molecule has 4 nitrogen and oxygen atoms in total. The number of benzene rings is 2. The van der Waals surface area contributed by atoms with Gasteiger partial charge >= 0.3 is 6.18 Å². The van der Waals surface area contributed by atoms with Crippen LogP contribution in [0.2, 0.25) is 0 Å². The molecule has 0 aliphatic heterocycles. The highest BCUT2D eigenvalue weighted by molar-refractivity contribution is 5.66. The van der Waals surface area contributed by atoms with E-state index in [1.807, 2.05) is 36.4 Å². The second-order valence-electron chi connectivity index (χ2n) is 5.89. The van der Waals surface area contributed by atoms with E-state index in [0.717, 1.165) is 5.56 Å². The van der Waals surface area contributed by atoms with Crippen LogP contribution < -0.4 is 9.47 Å². The molecule has 0 fully saturated rings. The van der Waals surface area contributed by atoms with Gasteiger partial charge in [0.15, 0.2) is 6.61 Å². The minimum absolute atomic E-state index is 0.0313. The summed E-state index contributed by atoms with van der Waals surface area (Å²) in [4.78, 5) is 4.22. The zero-order valence-corrected chi connectivity index (χ0v) is 14.6. The third-order valence-electron chi connectivity index (χ3n) is 3.79. The SMILES string of the molecule is N#Cc1ccc(-c2ccc(OCc3ccccc3)nc2)cc1OCC(F)(F)F. The van der Waals surface area contributed by atoms with Crippen LogP contribution >= 0.6 is 0 Å². The summed E-state index contributed by atoms with van der Waals surface area (Å²) in [5.74, 6) is 0.302. The molecule has 142 valence electrons. The molecule has 0 N–H and O–H groups in total. The summed E-state index contributed by atoms with van der Waals surface area (Å²) in [6.07, 6.45) is -2.93. The summed E-state index contributed by atoms with van der Waals surface area (Å²) >= 11 is 0. The number of alkyl halides is 3. The number of nitriles is 1. The Labute approximate surface area is 159 Å². The molecule has 28 heavy (non-hydrogen) atoms. The van der Waals surface area contributed by atoms with Gasteiger partial charge in [-0.1, -0.05) is 36.4 Å². The van der Waals surface area contributed by atoms with Crippen LogP contribution in [-0.2, 0) is 6.61 Å². The quantitative estimate of drug-likeness (QED) is 0.590. The van der Waals surface area contributed by atoms with Crippen molar-refractivity contribution < 1.29 is 22.6 Å². The van der Waals surface area contributed by atoms with Gasteiger partial charge in [0.05, 0.1) is 5.56 Å². The number of ether oxygens (including phenoxy) is 2. The predicted octanol–water partition coefficient (Wildman–Crippen LogP) is 5.14. The smallest absolute Gasteiger partial charge is 0.422 e. The van der Waals surface area contributed by atoms with Crippen molar-refractivity contribution in [3.63, 3.8) is 0 Å². The van der Waals surface area contributed by atoms with Gasteiger partial charge in [0, 0.05) is 17.8 Å². The van der Waals surface area contributed by atoms with Gasteiger partial charge in [0.25, 0.3) is 0 Å². The highest BCUT2D eigenvalue weighted by Crippen LogP contribution is 2.29. The van der Waals surface area contributed by atoms with E-state index in [9.17, 15) is 13.2 Å². The molecular weight excluding hydrogens is 369 g/mol. The molecule has 1 heterocycles. The maximum Gasteiger partial charge on any atom is 0.422 e. The Bertz CT molecular complexity index is 966. The van der Waals surface area contributed by atoms with Crippen LogP contribution in [0.15, 0.2) is 66.9 Å². The van der Waals surface area contributed by atoms with Crippen LogP contribution in [0.3, 0.4) is 0 Å². The van der Waals surface area contributed by atoms with Gasteiger partial charge in [0.1, 0.15) is 18.4 Å². The second-order valence-corrected chi connectivity index (χ2v) is 5.89. The van der Waals surface area contributed by atoms with E-state index >= 15 is 0 Å². The van der Waals surface area contributed by atoms with E-state index in [1.54, 1.807) is 24.4 Å². The number of aromatic nitrogens is 1. The summed E-state index contributed by atoms with van der Waals surface area (Å²) in [5, 5.41) is 9.06. The van der Waals surface area contributed by atoms with Gasteiger partial charge in [-0.25, -0.2) is 4.98 Å². The molecular formula is C21H15F3N2O2. The molecule has 0 amide bonds. The number of hydrogen-bond donors (Lipinski definition) is 0. The van der Waals surface area contributed by atoms with Crippen molar-refractivity contribution in [2.45, 2.75) is 12.8 Å². The van der Waals surface area contributed by atoms with Crippen molar-refractivity contribution in [3.8, 4) is 28.8 Å². The van der Waals surface area contributed by atoms with Gasteiger partial charge in [-0.2, -0.15) is 18.4 Å². The summed E-state index contributed by atoms with van der Waals surface area (Å²) in [6.45, 7) is -1.09. The van der Waals surface area contributed by atoms with Gasteiger partial charge < -0.3 is 9.47 Å². The Morgan fingerprint density at radius 2 is 1.68 bits per heavy atom. The molecule has 3 rings (SSSR count). The van der Waals surface area contributed by atoms with Crippen LogP contribution in [0.4, 0.5) is 13.2 Å². The van der Waals surface area contributed by atoms with Crippen LogP contribution in [0.25, 0.3) is 11.1 Å². The fourth-order valence-electron chi connectivity index (χ4n) is 2.44. The first kappa shape index (κ1) is 19.2. The molecule has 0 radical (unpaired) electrons. The van der Waals surface area contributed by atoms with Crippen LogP contribution in [0, 0.1) is 11.3 Å². The standard InChI is InChI=1S/C21H15F3N2O2/c22-21(23,24)14-28-19-10-16(6-7-17(19)11-25)18-8-9-20(26-12-18)27-13-15-4-2-1-3-5-15/h1-10,12H,13-14H2. The van der Waals surface area contributed by atoms with E-state index < -0.39 is 12.8 Å². The Kier molecular flexibility index (Phi) is 5.80. The first-order valence-corrected chi connectivity index (χ1v) is 8.31. The Hall–Kier alpha value is -3.53. The second kappa shape index (κ2) is 8.44. The minimum Gasteiger partial charge on any atom is -0.483 e. The molecule has 7 heteroatoms. The number of hydrogen-bond acceptors (Lipinski definition) is 4. The average molecular weight is 384 g/mol. The van der Waals surface area contributed by atoms with Crippen LogP contribution in [0.5, 0.6) is 11.6 Å². The molecule has 0 aliphatic rings. The monoisotopic (exact) mass is 384 g/mol. The Morgan fingerprint density at radius 1 is 0.929 bits per heavy atom. The zero-order chi connectivity index (χ0) is 20.0. The maximum absolute atomic E-state index is 12.4. The van der Waals surface area contributed by atoms with E-state index in [1.165, 1.54) is 12.1 Å². The molecule has 2 aromatic carbocycles.